The highest BCUT2D eigenvalue weighted by atomic mass is 16.6. The van der Waals surface area contributed by atoms with Gasteiger partial charge >= 0.3 is 5.97 Å². The Kier molecular flexibility index (Phi) is 6.54. The third-order valence-corrected chi connectivity index (χ3v) is 4.10. The first-order chi connectivity index (χ1) is 14.7. The number of carbonyl (C=O) groups is 1. The number of rotatable bonds is 7. The van der Waals surface area contributed by atoms with Crippen molar-refractivity contribution in [2.45, 2.75) is 39.2 Å². The number of hydrogen-bond acceptors (Lipinski definition) is 8. The molecule has 0 aliphatic rings. The lowest BCUT2D eigenvalue weighted by Gasteiger charge is -2.19. The molecule has 9 heteroatoms. The van der Waals surface area contributed by atoms with Gasteiger partial charge in [0.15, 0.2) is 0 Å². The predicted molar refractivity (Wildman–Crippen MR) is 116 cm³/mol. The molecule has 0 radical (unpaired) electrons. The van der Waals surface area contributed by atoms with Gasteiger partial charge in [0.1, 0.15) is 17.2 Å². The molecule has 0 saturated heterocycles. The lowest BCUT2D eigenvalue weighted by molar-refractivity contribution is -0.384. The maximum absolute atomic E-state index is 12.0. The van der Waals surface area contributed by atoms with E-state index in [1.165, 1.54) is 30.7 Å². The van der Waals surface area contributed by atoms with E-state index >= 15 is 0 Å². The first kappa shape index (κ1) is 21.8. The molecule has 0 unspecified atom stereocenters. The van der Waals surface area contributed by atoms with Crippen molar-refractivity contribution >= 4 is 23.3 Å². The summed E-state index contributed by atoms with van der Waals surface area (Å²) in [5.41, 5.74) is 1.40. The number of nitrogens with zero attached hydrogens (tertiary/aromatic N) is 4. The molecule has 0 aliphatic carbocycles. The van der Waals surface area contributed by atoms with Crippen LogP contribution in [-0.4, -0.2) is 31.4 Å². The maximum atomic E-state index is 12.0. The number of aromatic nitrogens is 3. The number of aryl methyl sites for hydroxylation is 1. The monoisotopic (exact) mass is 421 g/mol. The summed E-state index contributed by atoms with van der Waals surface area (Å²) in [6.45, 7) is 5.48. The molecule has 0 amide bonds. The fraction of sp³-hybridized carbons (Fsp3) is 0.273. The van der Waals surface area contributed by atoms with Crippen molar-refractivity contribution in [1.82, 2.24) is 15.0 Å². The van der Waals surface area contributed by atoms with E-state index in [-0.39, 0.29) is 23.9 Å². The Morgan fingerprint density at radius 3 is 2.65 bits per heavy atom. The summed E-state index contributed by atoms with van der Waals surface area (Å²) < 4.78 is 5.34. The van der Waals surface area contributed by atoms with Crippen LogP contribution in [0.15, 0.2) is 55.0 Å². The molecule has 0 bridgehead atoms. The highest BCUT2D eigenvalue weighted by Crippen LogP contribution is 2.27. The molecule has 1 aromatic carbocycles. The number of pyridine rings is 1. The van der Waals surface area contributed by atoms with E-state index in [4.69, 9.17) is 4.74 Å². The van der Waals surface area contributed by atoms with Gasteiger partial charge in [0, 0.05) is 30.4 Å². The van der Waals surface area contributed by atoms with Crippen LogP contribution in [0.2, 0.25) is 0 Å². The summed E-state index contributed by atoms with van der Waals surface area (Å²) in [5, 5.41) is 14.4. The molecule has 0 spiro atoms. The van der Waals surface area contributed by atoms with Crippen molar-refractivity contribution in [1.29, 1.82) is 0 Å². The lowest BCUT2D eigenvalue weighted by atomic mass is 10.0. The maximum Gasteiger partial charge on any atom is 0.306 e. The first-order valence-corrected chi connectivity index (χ1v) is 9.70. The third-order valence-electron chi connectivity index (χ3n) is 4.10. The minimum atomic E-state index is -0.529. The average Bonchev–Trinajstić information content (AvgIpc) is 2.72. The molecular weight excluding hydrogens is 398 g/mol. The van der Waals surface area contributed by atoms with Gasteiger partial charge in [-0.15, -0.1) is 0 Å². The Bertz CT molecular complexity index is 1080. The van der Waals surface area contributed by atoms with Gasteiger partial charge in [-0.05, 0) is 38.8 Å². The fourth-order valence-electron chi connectivity index (χ4n) is 2.85. The molecule has 0 fully saturated rings. The Morgan fingerprint density at radius 2 is 1.97 bits per heavy atom. The molecule has 1 N–H and O–H groups in total. The lowest BCUT2D eigenvalue weighted by Crippen LogP contribution is -2.24. The van der Waals surface area contributed by atoms with Gasteiger partial charge in [0.2, 0.25) is 0 Å². The smallest absolute Gasteiger partial charge is 0.306 e. The number of esters is 1. The van der Waals surface area contributed by atoms with Crippen LogP contribution in [0.4, 0.5) is 17.3 Å². The number of nitro groups is 1. The quantitative estimate of drug-likeness (QED) is 0.337. The second-order valence-corrected chi connectivity index (χ2v) is 7.86. The van der Waals surface area contributed by atoms with Crippen LogP contribution in [0.1, 0.15) is 32.8 Å². The number of anilines is 2. The van der Waals surface area contributed by atoms with Gasteiger partial charge in [-0.1, -0.05) is 18.2 Å². The van der Waals surface area contributed by atoms with Crippen LogP contribution < -0.4 is 5.32 Å². The Morgan fingerprint density at radius 1 is 1.16 bits per heavy atom. The molecule has 2 heterocycles. The predicted octanol–water partition coefficient (Wildman–Crippen LogP) is 4.46. The topological polar surface area (TPSA) is 120 Å². The summed E-state index contributed by atoms with van der Waals surface area (Å²) >= 11 is 0. The highest BCUT2D eigenvalue weighted by molar-refractivity contribution is 5.71. The van der Waals surface area contributed by atoms with Gasteiger partial charge in [-0.25, -0.2) is 9.97 Å². The van der Waals surface area contributed by atoms with Crippen molar-refractivity contribution in [3.8, 4) is 11.3 Å². The number of nitrogens with one attached hydrogen (secondary N) is 1. The molecule has 3 aromatic rings. The summed E-state index contributed by atoms with van der Waals surface area (Å²) in [6, 6.07) is 10.1. The highest BCUT2D eigenvalue weighted by Gasteiger charge is 2.17. The molecular formula is C22H23N5O4. The number of benzene rings is 1. The molecule has 2 aromatic heterocycles. The Labute approximate surface area is 179 Å². The number of carbonyl (C=O) groups excluding carboxylic acids is 1. The summed E-state index contributed by atoms with van der Waals surface area (Å²) in [5.74, 6) is 0.429. The molecule has 0 saturated carbocycles. The van der Waals surface area contributed by atoms with E-state index in [9.17, 15) is 14.9 Å². The van der Waals surface area contributed by atoms with Crippen LogP contribution in [0.5, 0.6) is 0 Å². The second kappa shape index (κ2) is 9.29. The van der Waals surface area contributed by atoms with Crippen LogP contribution in [0, 0.1) is 10.1 Å². The Hall–Kier alpha value is -3.88. The van der Waals surface area contributed by atoms with E-state index < -0.39 is 10.5 Å². The largest absolute Gasteiger partial charge is 0.460 e. The van der Waals surface area contributed by atoms with Crippen molar-refractivity contribution in [3.05, 3.63) is 70.7 Å². The molecule has 9 nitrogen and oxygen atoms in total. The van der Waals surface area contributed by atoms with Gasteiger partial charge in [-0.3, -0.25) is 19.9 Å². The van der Waals surface area contributed by atoms with Gasteiger partial charge in [0.25, 0.3) is 5.69 Å². The van der Waals surface area contributed by atoms with Gasteiger partial charge in [-0.2, -0.15) is 0 Å². The Balaban J connectivity index is 1.83. The van der Waals surface area contributed by atoms with E-state index in [0.29, 0.717) is 23.5 Å². The summed E-state index contributed by atoms with van der Waals surface area (Å²) in [6.07, 6.45) is 5.26. The van der Waals surface area contributed by atoms with E-state index in [1.807, 2.05) is 45.0 Å². The van der Waals surface area contributed by atoms with Gasteiger partial charge in [0.05, 0.1) is 22.9 Å². The zero-order valence-electron chi connectivity index (χ0n) is 17.5. The first-order valence-electron chi connectivity index (χ1n) is 9.70. The zero-order chi connectivity index (χ0) is 22.4. The average molecular weight is 421 g/mol. The summed E-state index contributed by atoms with van der Waals surface area (Å²) in [4.78, 5) is 35.5. The van der Waals surface area contributed by atoms with Crippen LogP contribution in [0.25, 0.3) is 11.3 Å². The van der Waals surface area contributed by atoms with Crippen molar-refractivity contribution < 1.29 is 14.5 Å². The molecule has 0 aliphatic heterocycles. The number of hydrogen-bond donors (Lipinski definition) is 1. The normalized spacial score (nSPS) is 11.1. The summed E-state index contributed by atoms with van der Waals surface area (Å²) in [7, 11) is 0. The van der Waals surface area contributed by atoms with E-state index in [1.54, 1.807) is 0 Å². The van der Waals surface area contributed by atoms with Crippen molar-refractivity contribution in [3.63, 3.8) is 0 Å². The van der Waals surface area contributed by atoms with Crippen LogP contribution in [-0.2, 0) is 16.0 Å². The minimum Gasteiger partial charge on any atom is -0.460 e. The molecule has 3 rings (SSSR count). The SMILES string of the molecule is CC(C)(C)OC(=O)CCc1cccc(-c2cc([N+](=O)[O-])cc(Nc3cnccn3)n2)c1. The van der Waals surface area contributed by atoms with Crippen LogP contribution >= 0.6 is 0 Å². The second-order valence-electron chi connectivity index (χ2n) is 7.86. The molecule has 160 valence electrons. The molecule has 31 heavy (non-hydrogen) atoms. The number of ether oxygens (including phenoxy) is 1. The van der Waals surface area contributed by atoms with E-state index in [0.717, 1.165) is 5.56 Å². The standard InChI is InChI=1S/C22H23N5O4/c1-22(2,3)31-21(28)8-7-15-5-4-6-16(11-15)18-12-17(27(29)30)13-19(25-18)26-20-14-23-9-10-24-20/h4-6,9-14H,7-8H2,1-3H3,(H,24,25,26). The van der Waals surface area contributed by atoms with Crippen molar-refractivity contribution in [2.75, 3.05) is 5.32 Å². The van der Waals surface area contributed by atoms with Crippen molar-refractivity contribution in [2.24, 2.45) is 0 Å². The third kappa shape index (κ3) is 6.56. The van der Waals surface area contributed by atoms with E-state index in [2.05, 4.69) is 20.3 Å². The zero-order valence-corrected chi connectivity index (χ0v) is 17.5. The minimum absolute atomic E-state index is 0.101. The fourth-order valence-corrected chi connectivity index (χ4v) is 2.85. The van der Waals surface area contributed by atoms with Crippen LogP contribution in [0.3, 0.4) is 0 Å². The molecule has 0 atom stereocenters. The van der Waals surface area contributed by atoms with Gasteiger partial charge < -0.3 is 10.1 Å².